The molecule has 0 unspecified atom stereocenters. The Balaban J connectivity index is 2.03. The molecule has 19 heavy (non-hydrogen) atoms. The van der Waals surface area contributed by atoms with Crippen molar-refractivity contribution in [3.05, 3.63) is 0 Å². The standard InChI is InChI=1S/C11H18N2O5S/c1-2-10(15)13-4-3-12(5-11(13)16)8-6-19(17,18)7-9(8)14/h8-9,14H,2-7H2,1H3/t8-,9-/m1/s1. The van der Waals surface area contributed by atoms with Crippen molar-refractivity contribution in [2.24, 2.45) is 0 Å². The van der Waals surface area contributed by atoms with Crippen LogP contribution in [-0.2, 0) is 19.4 Å². The van der Waals surface area contributed by atoms with Crippen LogP contribution in [0.1, 0.15) is 13.3 Å². The molecule has 0 aliphatic carbocycles. The predicted molar refractivity (Wildman–Crippen MR) is 67.0 cm³/mol. The van der Waals surface area contributed by atoms with Crippen molar-refractivity contribution in [1.29, 1.82) is 0 Å². The average Bonchev–Trinajstić information content (AvgIpc) is 2.61. The lowest BCUT2D eigenvalue weighted by Gasteiger charge is -2.37. The van der Waals surface area contributed by atoms with Crippen LogP contribution in [-0.4, -0.2) is 78.4 Å². The number of piperazine rings is 1. The monoisotopic (exact) mass is 290 g/mol. The summed E-state index contributed by atoms with van der Waals surface area (Å²) < 4.78 is 22.9. The smallest absolute Gasteiger partial charge is 0.243 e. The van der Waals surface area contributed by atoms with Gasteiger partial charge < -0.3 is 5.11 Å². The number of aliphatic hydroxyl groups excluding tert-OH is 1. The highest BCUT2D eigenvalue weighted by molar-refractivity contribution is 7.91. The van der Waals surface area contributed by atoms with Crippen LogP contribution in [0.2, 0.25) is 0 Å². The first-order chi connectivity index (χ1) is 8.84. The molecule has 8 heteroatoms. The molecular formula is C11H18N2O5S. The van der Waals surface area contributed by atoms with Crippen molar-refractivity contribution in [1.82, 2.24) is 9.80 Å². The van der Waals surface area contributed by atoms with Crippen molar-refractivity contribution in [3.63, 3.8) is 0 Å². The lowest BCUT2D eigenvalue weighted by molar-refractivity contribution is -0.149. The molecule has 0 spiro atoms. The molecule has 0 saturated carbocycles. The van der Waals surface area contributed by atoms with Gasteiger partial charge in [0.25, 0.3) is 0 Å². The summed E-state index contributed by atoms with van der Waals surface area (Å²) in [4.78, 5) is 26.2. The first-order valence-electron chi connectivity index (χ1n) is 6.30. The Morgan fingerprint density at radius 3 is 2.53 bits per heavy atom. The molecule has 2 atom stereocenters. The summed E-state index contributed by atoms with van der Waals surface area (Å²) in [5.74, 6) is -0.915. The fourth-order valence-corrected chi connectivity index (χ4v) is 4.42. The SMILES string of the molecule is CCC(=O)N1CCN([C@@H]2CS(=O)(=O)C[C@H]2O)CC1=O. The third-order valence-electron chi connectivity index (χ3n) is 3.62. The molecule has 7 nitrogen and oxygen atoms in total. The highest BCUT2D eigenvalue weighted by Gasteiger charge is 2.42. The lowest BCUT2D eigenvalue weighted by atomic mass is 10.1. The van der Waals surface area contributed by atoms with Crippen LogP contribution in [0.5, 0.6) is 0 Å². The van der Waals surface area contributed by atoms with Crippen LogP contribution in [0.3, 0.4) is 0 Å². The van der Waals surface area contributed by atoms with E-state index in [4.69, 9.17) is 0 Å². The Kier molecular flexibility index (Phi) is 3.93. The molecule has 2 heterocycles. The predicted octanol–water partition coefficient (Wildman–Crippen LogP) is -1.77. The first kappa shape index (κ1) is 14.4. The zero-order chi connectivity index (χ0) is 14.2. The van der Waals surface area contributed by atoms with E-state index in [0.717, 1.165) is 0 Å². The average molecular weight is 290 g/mol. The van der Waals surface area contributed by atoms with Gasteiger partial charge in [0.2, 0.25) is 11.8 Å². The summed E-state index contributed by atoms with van der Waals surface area (Å²) in [6.45, 7) is 2.35. The van der Waals surface area contributed by atoms with Gasteiger partial charge in [0.15, 0.2) is 9.84 Å². The number of aliphatic hydroxyl groups is 1. The van der Waals surface area contributed by atoms with Crippen LogP contribution in [0, 0.1) is 0 Å². The molecule has 1 N–H and O–H groups in total. The maximum Gasteiger partial charge on any atom is 0.243 e. The van der Waals surface area contributed by atoms with Crippen molar-refractivity contribution in [2.45, 2.75) is 25.5 Å². The van der Waals surface area contributed by atoms with E-state index in [-0.39, 0.29) is 42.8 Å². The summed E-state index contributed by atoms with van der Waals surface area (Å²) in [7, 11) is -3.23. The quantitative estimate of drug-likeness (QED) is 0.646. The molecule has 2 amide bonds. The molecule has 2 aliphatic rings. The number of hydrogen-bond donors (Lipinski definition) is 1. The van der Waals surface area contributed by atoms with Gasteiger partial charge in [-0.2, -0.15) is 0 Å². The molecular weight excluding hydrogens is 272 g/mol. The van der Waals surface area contributed by atoms with Crippen LogP contribution < -0.4 is 0 Å². The minimum absolute atomic E-state index is 0.0109. The largest absolute Gasteiger partial charge is 0.390 e. The van der Waals surface area contributed by atoms with Gasteiger partial charge in [-0.05, 0) is 0 Å². The van der Waals surface area contributed by atoms with Crippen molar-refractivity contribution < 1.29 is 23.1 Å². The lowest BCUT2D eigenvalue weighted by Crippen LogP contribution is -2.57. The normalized spacial score (nSPS) is 31.7. The zero-order valence-corrected chi connectivity index (χ0v) is 11.6. The summed E-state index contributed by atoms with van der Waals surface area (Å²) in [6, 6.07) is -0.534. The van der Waals surface area contributed by atoms with Gasteiger partial charge >= 0.3 is 0 Å². The zero-order valence-electron chi connectivity index (χ0n) is 10.8. The van der Waals surface area contributed by atoms with Gasteiger partial charge in [0.1, 0.15) is 0 Å². The van der Waals surface area contributed by atoms with E-state index in [1.165, 1.54) is 4.90 Å². The molecule has 108 valence electrons. The minimum Gasteiger partial charge on any atom is -0.390 e. The van der Waals surface area contributed by atoms with Gasteiger partial charge in [-0.25, -0.2) is 8.42 Å². The van der Waals surface area contributed by atoms with Crippen LogP contribution in [0.25, 0.3) is 0 Å². The number of rotatable bonds is 2. The van der Waals surface area contributed by atoms with E-state index in [0.29, 0.717) is 6.54 Å². The van der Waals surface area contributed by atoms with Gasteiger partial charge in [0, 0.05) is 19.5 Å². The molecule has 0 aromatic rings. The number of sulfone groups is 1. The number of nitrogens with zero attached hydrogens (tertiary/aromatic N) is 2. The number of carbonyl (C=O) groups is 2. The number of amides is 2. The van der Waals surface area contributed by atoms with E-state index in [1.54, 1.807) is 11.8 Å². The first-order valence-corrected chi connectivity index (χ1v) is 8.12. The highest BCUT2D eigenvalue weighted by Crippen LogP contribution is 2.20. The Labute approximate surface area is 112 Å². The molecule has 0 radical (unpaired) electrons. The third-order valence-corrected chi connectivity index (χ3v) is 5.32. The second-order valence-corrected chi connectivity index (χ2v) is 7.13. The van der Waals surface area contributed by atoms with Crippen molar-refractivity contribution in [3.8, 4) is 0 Å². The van der Waals surface area contributed by atoms with E-state index >= 15 is 0 Å². The van der Waals surface area contributed by atoms with Crippen molar-refractivity contribution >= 4 is 21.7 Å². The van der Waals surface area contributed by atoms with Crippen LogP contribution in [0.4, 0.5) is 0 Å². The van der Waals surface area contributed by atoms with Crippen molar-refractivity contribution in [2.75, 3.05) is 31.1 Å². The number of imide groups is 1. The molecule has 0 bridgehead atoms. The highest BCUT2D eigenvalue weighted by atomic mass is 32.2. The second kappa shape index (κ2) is 5.18. The van der Waals surface area contributed by atoms with Gasteiger partial charge in [0.05, 0.1) is 30.2 Å². The molecule has 0 aromatic carbocycles. The topological polar surface area (TPSA) is 95.0 Å². The summed E-state index contributed by atoms with van der Waals surface area (Å²) in [6.07, 6.45) is -0.683. The van der Waals surface area contributed by atoms with E-state index in [2.05, 4.69) is 0 Å². The molecule has 2 fully saturated rings. The maximum absolute atomic E-state index is 11.9. The van der Waals surface area contributed by atoms with Crippen LogP contribution >= 0.6 is 0 Å². The fraction of sp³-hybridized carbons (Fsp3) is 0.818. The van der Waals surface area contributed by atoms with Crippen LogP contribution in [0.15, 0.2) is 0 Å². The molecule has 2 aliphatic heterocycles. The summed E-state index contributed by atoms with van der Waals surface area (Å²) >= 11 is 0. The third kappa shape index (κ3) is 2.96. The maximum atomic E-state index is 11.9. The summed E-state index contributed by atoms with van der Waals surface area (Å²) in [5.41, 5.74) is 0. The fourth-order valence-electron chi connectivity index (χ4n) is 2.59. The number of carbonyl (C=O) groups excluding carboxylic acids is 2. The molecule has 0 aromatic heterocycles. The Morgan fingerprint density at radius 1 is 1.37 bits per heavy atom. The minimum atomic E-state index is -3.23. The Hall–Kier alpha value is -0.990. The Morgan fingerprint density at radius 2 is 2.05 bits per heavy atom. The van der Waals surface area contributed by atoms with Gasteiger partial charge in [-0.3, -0.25) is 19.4 Å². The van der Waals surface area contributed by atoms with E-state index in [9.17, 15) is 23.1 Å². The summed E-state index contributed by atoms with van der Waals surface area (Å²) in [5, 5.41) is 9.77. The Bertz CT molecular complexity index is 489. The number of hydrogen-bond acceptors (Lipinski definition) is 6. The molecule has 2 saturated heterocycles. The van der Waals surface area contributed by atoms with E-state index in [1.807, 2.05) is 0 Å². The van der Waals surface area contributed by atoms with Gasteiger partial charge in [-0.15, -0.1) is 0 Å². The second-order valence-electron chi connectivity index (χ2n) is 4.97. The van der Waals surface area contributed by atoms with Gasteiger partial charge in [-0.1, -0.05) is 6.92 Å². The van der Waals surface area contributed by atoms with E-state index < -0.39 is 22.0 Å². The molecule has 2 rings (SSSR count).